The second kappa shape index (κ2) is 10.5. The van der Waals surface area contributed by atoms with E-state index in [1.54, 1.807) is 0 Å². The molecular formula is C42H32. The quantitative estimate of drug-likeness (QED) is 0.210. The minimum atomic E-state index is 0.323. The first-order valence-electron chi connectivity index (χ1n) is 15.1. The fourth-order valence-electron chi connectivity index (χ4n) is 7.07. The molecule has 0 radical (unpaired) electrons. The fourth-order valence-corrected chi connectivity index (χ4v) is 7.07. The highest BCUT2D eigenvalue weighted by Crippen LogP contribution is 2.41. The van der Waals surface area contributed by atoms with E-state index in [0.717, 1.165) is 19.3 Å². The van der Waals surface area contributed by atoms with Crippen LogP contribution in [-0.4, -0.2) is 0 Å². The molecule has 0 aliphatic heterocycles. The van der Waals surface area contributed by atoms with Crippen LogP contribution in [0.3, 0.4) is 0 Å². The zero-order chi connectivity index (χ0) is 27.9. The van der Waals surface area contributed by atoms with Gasteiger partial charge in [0.05, 0.1) is 0 Å². The Hall–Kier alpha value is -4.94. The first-order chi connectivity index (χ1) is 20.8. The summed E-state index contributed by atoms with van der Waals surface area (Å²) in [5.74, 6) is 0.323. The Morgan fingerprint density at radius 2 is 1.12 bits per heavy atom. The van der Waals surface area contributed by atoms with Crippen molar-refractivity contribution in [3.63, 3.8) is 0 Å². The van der Waals surface area contributed by atoms with E-state index < -0.39 is 0 Å². The summed E-state index contributed by atoms with van der Waals surface area (Å²) in [7, 11) is 0. The molecule has 2 aliphatic carbocycles. The summed E-state index contributed by atoms with van der Waals surface area (Å²) in [5, 5.41) is 8.04. The molecule has 0 spiro atoms. The van der Waals surface area contributed by atoms with Gasteiger partial charge in [-0.2, -0.15) is 0 Å². The molecule has 6 aromatic carbocycles. The molecule has 0 saturated carbocycles. The fraction of sp³-hybridized carbons (Fsp3) is 0.0952. The molecule has 2 aliphatic rings. The van der Waals surface area contributed by atoms with Gasteiger partial charge in [-0.3, -0.25) is 0 Å². The average molecular weight is 537 g/mol. The third-order valence-electron chi connectivity index (χ3n) is 9.00. The normalized spacial score (nSPS) is 16.2. The van der Waals surface area contributed by atoms with Gasteiger partial charge in [0.2, 0.25) is 0 Å². The summed E-state index contributed by atoms with van der Waals surface area (Å²) in [6, 6.07) is 46.6. The highest BCUT2D eigenvalue weighted by Gasteiger charge is 2.23. The minimum Gasteiger partial charge on any atom is -0.0757 e. The predicted molar refractivity (Wildman–Crippen MR) is 180 cm³/mol. The summed E-state index contributed by atoms with van der Waals surface area (Å²) >= 11 is 0. The van der Waals surface area contributed by atoms with Crippen LogP contribution in [0.2, 0.25) is 0 Å². The van der Waals surface area contributed by atoms with Crippen molar-refractivity contribution in [2.45, 2.75) is 25.2 Å². The lowest BCUT2D eigenvalue weighted by atomic mass is 9.78. The van der Waals surface area contributed by atoms with Gasteiger partial charge < -0.3 is 0 Å². The van der Waals surface area contributed by atoms with E-state index in [1.807, 2.05) is 0 Å². The van der Waals surface area contributed by atoms with E-state index in [9.17, 15) is 0 Å². The van der Waals surface area contributed by atoms with Crippen molar-refractivity contribution in [1.29, 1.82) is 0 Å². The van der Waals surface area contributed by atoms with Crippen LogP contribution in [-0.2, 0) is 0 Å². The Bertz CT molecular complexity index is 2140. The van der Waals surface area contributed by atoms with Gasteiger partial charge >= 0.3 is 0 Å². The van der Waals surface area contributed by atoms with Crippen LogP contribution in [0.4, 0.5) is 0 Å². The molecule has 42 heavy (non-hydrogen) atoms. The Kier molecular flexibility index (Phi) is 6.19. The van der Waals surface area contributed by atoms with Gasteiger partial charge in [0.25, 0.3) is 0 Å². The summed E-state index contributed by atoms with van der Waals surface area (Å²) in [5.41, 5.74) is 9.44. The third-order valence-corrected chi connectivity index (χ3v) is 9.00. The molecule has 0 aromatic heterocycles. The maximum absolute atomic E-state index is 2.50. The molecule has 1 unspecified atom stereocenters. The lowest BCUT2D eigenvalue weighted by Gasteiger charge is -2.26. The molecule has 0 bridgehead atoms. The summed E-state index contributed by atoms with van der Waals surface area (Å²) < 4.78 is 0. The Morgan fingerprint density at radius 3 is 1.88 bits per heavy atom. The van der Waals surface area contributed by atoms with Crippen LogP contribution in [0, 0.1) is 0 Å². The second-order valence-electron chi connectivity index (χ2n) is 11.5. The lowest BCUT2D eigenvalue weighted by molar-refractivity contribution is 0.870. The number of benzene rings is 6. The standard InChI is InChI=1S/C42H32/c1-3-13-29(14-4-1)34-26-35(30-15-5-2-6-16-30)28-36(27-34)42-39-21-11-9-19-37(39)41(38-20-10-12-22-40(38)42)33-24-23-31-17-7-8-18-32(31)25-33/h1-9,11,13-27,35H,10,12,28H2. The van der Waals surface area contributed by atoms with E-state index in [2.05, 4.69) is 152 Å². The first-order valence-corrected chi connectivity index (χ1v) is 15.1. The largest absolute Gasteiger partial charge is 0.0757 e. The van der Waals surface area contributed by atoms with Crippen LogP contribution in [0.5, 0.6) is 0 Å². The minimum absolute atomic E-state index is 0.323. The summed E-state index contributed by atoms with van der Waals surface area (Å²) in [4.78, 5) is 0. The van der Waals surface area contributed by atoms with Crippen molar-refractivity contribution in [2.24, 2.45) is 0 Å². The molecule has 0 amide bonds. The van der Waals surface area contributed by atoms with Crippen molar-refractivity contribution in [3.05, 3.63) is 167 Å². The second-order valence-corrected chi connectivity index (χ2v) is 11.5. The van der Waals surface area contributed by atoms with E-state index in [0.29, 0.717) is 5.92 Å². The lowest BCUT2D eigenvalue weighted by Crippen LogP contribution is -2.33. The van der Waals surface area contributed by atoms with Gasteiger partial charge in [0.1, 0.15) is 0 Å². The smallest absolute Gasteiger partial charge is 0.00678 e. The van der Waals surface area contributed by atoms with E-state index >= 15 is 0 Å². The van der Waals surface area contributed by atoms with E-state index in [-0.39, 0.29) is 0 Å². The summed E-state index contributed by atoms with van der Waals surface area (Å²) in [6.07, 6.45) is 13.1. The Morgan fingerprint density at radius 1 is 0.500 bits per heavy atom. The van der Waals surface area contributed by atoms with Crippen molar-refractivity contribution in [3.8, 4) is 11.1 Å². The highest BCUT2D eigenvalue weighted by molar-refractivity contribution is 6.06. The highest BCUT2D eigenvalue weighted by atomic mass is 14.3. The van der Waals surface area contributed by atoms with E-state index in [1.165, 1.54) is 70.9 Å². The maximum atomic E-state index is 2.50. The molecule has 0 fully saturated rings. The van der Waals surface area contributed by atoms with Gasteiger partial charge in [-0.15, -0.1) is 0 Å². The number of hydrogen-bond acceptors (Lipinski definition) is 0. The number of fused-ring (bicyclic) bond motifs is 3. The third kappa shape index (κ3) is 4.32. The van der Waals surface area contributed by atoms with Crippen LogP contribution in [0.1, 0.15) is 41.9 Å². The number of allylic oxidation sites excluding steroid dienone is 4. The monoisotopic (exact) mass is 536 g/mol. The van der Waals surface area contributed by atoms with Crippen LogP contribution in [0.25, 0.3) is 56.0 Å². The Balaban J connectivity index is 1.40. The van der Waals surface area contributed by atoms with Crippen molar-refractivity contribution < 1.29 is 0 Å². The molecule has 1 atom stereocenters. The average Bonchev–Trinajstić information content (AvgIpc) is 3.07. The van der Waals surface area contributed by atoms with Crippen LogP contribution in [0.15, 0.2) is 140 Å². The van der Waals surface area contributed by atoms with Gasteiger partial charge in [0, 0.05) is 5.92 Å². The van der Waals surface area contributed by atoms with E-state index in [4.69, 9.17) is 0 Å². The van der Waals surface area contributed by atoms with Gasteiger partial charge in [-0.1, -0.05) is 146 Å². The molecule has 0 N–H and O–H groups in total. The van der Waals surface area contributed by atoms with Crippen LogP contribution >= 0.6 is 0 Å². The van der Waals surface area contributed by atoms with Crippen molar-refractivity contribution in [1.82, 2.24) is 0 Å². The molecule has 6 aromatic rings. The maximum Gasteiger partial charge on any atom is 0.00678 e. The summed E-state index contributed by atoms with van der Waals surface area (Å²) in [6.45, 7) is 0. The Labute approximate surface area is 247 Å². The van der Waals surface area contributed by atoms with Crippen LogP contribution < -0.4 is 10.4 Å². The number of hydrogen-bond donors (Lipinski definition) is 0. The molecule has 200 valence electrons. The SMILES string of the molecule is C1=C(c2ccccc2)C=C(c2c3c(c(-c4ccc5ccccc5c4)c4ccccc24)=CCCC=3)CC1c1ccccc1. The molecule has 0 heteroatoms. The number of rotatable bonds is 4. The van der Waals surface area contributed by atoms with Gasteiger partial charge in [-0.05, 0) is 96.3 Å². The molecule has 0 nitrogen and oxygen atoms in total. The predicted octanol–water partition coefficient (Wildman–Crippen LogP) is 9.67. The molecular weight excluding hydrogens is 504 g/mol. The molecule has 0 heterocycles. The van der Waals surface area contributed by atoms with Gasteiger partial charge in [0.15, 0.2) is 0 Å². The molecule has 8 rings (SSSR count). The van der Waals surface area contributed by atoms with Crippen molar-refractivity contribution >= 4 is 44.8 Å². The first kappa shape index (κ1) is 24.8. The zero-order valence-corrected chi connectivity index (χ0v) is 23.6. The zero-order valence-electron chi connectivity index (χ0n) is 23.6. The topological polar surface area (TPSA) is 0 Å². The van der Waals surface area contributed by atoms with Gasteiger partial charge in [-0.25, -0.2) is 0 Å². The van der Waals surface area contributed by atoms with Crippen molar-refractivity contribution in [2.75, 3.05) is 0 Å². The molecule has 0 saturated heterocycles.